The first-order valence-corrected chi connectivity index (χ1v) is 6.29. The van der Waals surface area contributed by atoms with Crippen molar-refractivity contribution in [1.29, 1.82) is 0 Å². The SMILES string of the molecule is NC(CCc1ccccc1)c1ccc(F)c(Cl)c1. The summed E-state index contributed by atoms with van der Waals surface area (Å²) in [6.07, 6.45) is 1.71. The van der Waals surface area contributed by atoms with E-state index >= 15 is 0 Å². The summed E-state index contributed by atoms with van der Waals surface area (Å²) in [5.74, 6) is -0.407. The van der Waals surface area contributed by atoms with Gasteiger partial charge in [0, 0.05) is 6.04 Å². The molecule has 0 radical (unpaired) electrons. The molecule has 0 heterocycles. The van der Waals surface area contributed by atoms with Gasteiger partial charge < -0.3 is 5.73 Å². The third-order valence-corrected chi connectivity index (χ3v) is 3.25. The first-order chi connectivity index (χ1) is 8.66. The summed E-state index contributed by atoms with van der Waals surface area (Å²) in [4.78, 5) is 0. The van der Waals surface area contributed by atoms with Crippen molar-refractivity contribution in [3.63, 3.8) is 0 Å². The maximum absolute atomic E-state index is 13.0. The Morgan fingerprint density at radius 1 is 1.11 bits per heavy atom. The number of halogens is 2. The molecule has 0 amide bonds. The maximum atomic E-state index is 13.0. The van der Waals surface area contributed by atoms with E-state index in [4.69, 9.17) is 17.3 Å². The molecule has 18 heavy (non-hydrogen) atoms. The lowest BCUT2D eigenvalue weighted by atomic mass is 10.00. The molecule has 2 aromatic carbocycles. The van der Waals surface area contributed by atoms with E-state index in [1.807, 2.05) is 18.2 Å². The number of rotatable bonds is 4. The van der Waals surface area contributed by atoms with Gasteiger partial charge in [-0.3, -0.25) is 0 Å². The zero-order chi connectivity index (χ0) is 13.0. The Labute approximate surface area is 111 Å². The van der Waals surface area contributed by atoms with Crippen LogP contribution in [0.15, 0.2) is 48.5 Å². The third-order valence-electron chi connectivity index (χ3n) is 2.96. The van der Waals surface area contributed by atoms with Crippen LogP contribution in [0, 0.1) is 5.82 Å². The summed E-state index contributed by atoms with van der Waals surface area (Å²) in [6, 6.07) is 14.7. The molecule has 0 saturated carbocycles. The average molecular weight is 264 g/mol. The Balaban J connectivity index is 1.99. The van der Waals surface area contributed by atoms with E-state index in [2.05, 4.69) is 12.1 Å². The van der Waals surface area contributed by atoms with Gasteiger partial charge in [-0.05, 0) is 36.1 Å². The quantitative estimate of drug-likeness (QED) is 0.883. The second-order valence-electron chi connectivity index (χ2n) is 4.30. The fourth-order valence-electron chi connectivity index (χ4n) is 1.88. The first-order valence-electron chi connectivity index (χ1n) is 5.91. The molecule has 94 valence electrons. The lowest BCUT2D eigenvalue weighted by molar-refractivity contribution is 0.619. The van der Waals surface area contributed by atoms with Crippen molar-refractivity contribution >= 4 is 11.6 Å². The standard InChI is InChI=1S/C15H15ClFN/c16-13-10-12(7-8-14(13)17)15(18)9-6-11-4-2-1-3-5-11/h1-5,7-8,10,15H,6,9,18H2. The van der Waals surface area contributed by atoms with Crippen LogP contribution in [-0.2, 0) is 6.42 Å². The Morgan fingerprint density at radius 3 is 2.50 bits per heavy atom. The lowest BCUT2D eigenvalue weighted by Crippen LogP contribution is -2.11. The fraction of sp³-hybridized carbons (Fsp3) is 0.200. The molecule has 0 aliphatic carbocycles. The monoisotopic (exact) mass is 263 g/mol. The highest BCUT2D eigenvalue weighted by molar-refractivity contribution is 6.30. The van der Waals surface area contributed by atoms with Gasteiger partial charge in [0.05, 0.1) is 5.02 Å². The first kappa shape index (κ1) is 13.1. The van der Waals surface area contributed by atoms with Gasteiger partial charge in [-0.1, -0.05) is 48.0 Å². The summed E-state index contributed by atoms with van der Waals surface area (Å²) in [7, 11) is 0. The van der Waals surface area contributed by atoms with E-state index in [-0.39, 0.29) is 11.1 Å². The van der Waals surface area contributed by atoms with E-state index in [1.165, 1.54) is 11.6 Å². The van der Waals surface area contributed by atoms with Crippen molar-refractivity contribution < 1.29 is 4.39 Å². The van der Waals surface area contributed by atoms with Crippen molar-refractivity contribution in [3.8, 4) is 0 Å². The van der Waals surface area contributed by atoms with Gasteiger partial charge in [-0.15, -0.1) is 0 Å². The minimum Gasteiger partial charge on any atom is -0.324 e. The summed E-state index contributed by atoms with van der Waals surface area (Å²) in [6.45, 7) is 0. The molecular formula is C15H15ClFN. The minimum atomic E-state index is -0.407. The number of benzene rings is 2. The van der Waals surface area contributed by atoms with Crippen molar-refractivity contribution in [2.75, 3.05) is 0 Å². The molecule has 2 N–H and O–H groups in total. The fourth-order valence-corrected chi connectivity index (χ4v) is 2.07. The molecule has 0 aromatic heterocycles. The van der Waals surface area contributed by atoms with Gasteiger partial charge >= 0.3 is 0 Å². The molecule has 0 spiro atoms. The van der Waals surface area contributed by atoms with Crippen molar-refractivity contribution in [2.45, 2.75) is 18.9 Å². The third kappa shape index (κ3) is 3.31. The average Bonchev–Trinajstić information content (AvgIpc) is 2.40. The van der Waals surface area contributed by atoms with Crippen LogP contribution < -0.4 is 5.73 Å². The summed E-state index contributed by atoms with van der Waals surface area (Å²) in [5, 5.41) is 0.127. The van der Waals surface area contributed by atoms with E-state index in [0.29, 0.717) is 0 Å². The zero-order valence-corrected chi connectivity index (χ0v) is 10.7. The normalized spacial score (nSPS) is 12.4. The molecule has 2 aromatic rings. The van der Waals surface area contributed by atoms with Crippen molar-refractivity contribution in [2.24, 2.45) is 5.73 Å². The largest absolute Gasteiger partial charge is 0.324 e. The Hall–Kier alpha value is -1.38. The van der Waals surface area contributed by atoms with Crippen LogP contribution in [0.1, 0.15) is 23.6 Å². The van der Waals surface area contributed by atoms with Gasteiger partial charge in [0.15, 0.2) is 0 Å². The molecule has 1 unspecified atom stereocenters. The van der Waals surface area contributed by atoms with Gasteiger partial charge in [-0.2, -0.15) is 0 Å². The molecule has 0 aliphatic heterocycles. The van der Waals surface area contributed by atoms with Crippen LogP contribution in [0.2, 0.25) is 5.02 Å². The highest BCUT2D eigenvalue weighted by atomic mass is 35.5. The van der Waals surface area contributed by atoms with Crippen LogP contribution in [0.3, 0.4) is 0 Å². The maximum Gasteiger partial charge on any atom is 0.141 e. The lowest BCUT2D eigenvalue weighted by Gasteiger charge is -2.12. The predicted molar refractivity (Wildman–Crippen MR) is 73.1 cm³/mol. The second-order valence-corrected chi connectivity index (χ2v) is 4.71. The van der Waals surface area contributed by atoms with E-state index in [9.17, 15) is 4.39 Å². The minimum absolute atomic E-state index is 0.122. The number of nitrogens with two attached hydrogens (primary N) is 1. The predicted octanol–water partition coefficient (Wildman–Crippen LogP) is 4.11. The van der Waals surface area contributed by atoms with Gasteiger partial charge in [0.1, 0.15) is 5.82 Å². The van der Waals surface area contributed by atoms with Crippen LogP contribution in [0.25, 0.3) is 0 Å². The molecule has 1 nitrogen and oxygen atoms in total. The highest BCUT2D eigenvalue weighted by Crippen LogP contribution is 2.22. The van der Waals surface area contributed by atoms with Crippen LogP contribution in [0.4, 0.5) is 4.39 Å². The molecule has 0 aliphatic rings. The molecule has 0 saturated heterocycles. The zero-order valence-electron chi connectivity index (χ0n) is 9.94. The summed E-state index contributed by atoms with van der Waals surface area (Å²) in [5.41, 5.74) is 8.20. The molecule has 0 fully saturated rings. The molecule has 0 bridgehead atoms. The van der Waals surface area contributed by atoms with Gasteiger partial charge in [0.2, 0.25) is 0 Å². The summed E-state index contributed by atoms with van der Waals surface area (Å²) >= 11 is 5.74. The molecule has 3 heteroatoms. The molecule has 1 atom stereocenters. The van der Waals surface area contributed by atoms with Crippen LogP contribution in [-0.4, -0.2) is 0 Å². The van der Waals surface area contributed by atoms with E-state index < -0.39 is 5.82 Å². The van der Waals surface area contributed by atoms with E-state index in [1.54, 1.807) is 12.1 Å². The number of aryl methyl sites for hydroxylation is 1. The van der Waals surface area contributed by atoms with E-state index in [0.717, 1.165) is 18.4 Å². The summed E-state index contributed by atoms with van der Waals surface area (Å²) < 4.78 is 13.0. The highest BCUT2D eigenvalue weighted by Gasteiger charge is 2.08. The van der Waals surface area contributed by atoms with Gasteiger partial charge in [-0.25, -0.2) is 4.39 Å². The molecule has 2 rings (SSSR count). The number of hydrogen-bond acceptors (Lipinski definition) is 1. The number of hydrogen-bond donors (Lipinski definition) is 1. The smallest absolute Gasteiger partial charge is 0.141 e. The van der Waals surface area contributed by atoms with Crippen molar-refractivity contribution in [3.05, 3.63) is 70.5 Å². The van der Waals surface area contributed by atoms with Crippen LogP contribution >= 0.6 is 11.6 Å². The Bertz CT molecular complexity index is 513. The Kier molecular flexibility index (Phi) is 4.34. The second kappa shape index (κ2) is 5.98. The molecular weight excluding hydrogens is 249 g/mol. The van der Waals surface area contributed by atoms with Crippen molar-refractivity contribution in [1.82, 2.24) is 0 Å². The topological polar surface area (TPSA) is 26.0 Å². The van der Waals surface area contributed by atoms with Gasteiger partial charge in [0.25, 0.3) is 0 Å². The Morgan fingerprint density at radius 2 is 1.83 bits per heavy atom. The van der Waals surface area contributed by atoms with Crippen LogP contribution in [0.5, 0.6) is 0 Å².